The highest BCUT2D eigenvalue weighted by atomic mass is 35.5. The first-order valence-electron chi connectivity index (χ1n) is 9.15. The van der Waals surface area contributed by atoms with Crippen molar-refractivity contribution in [2.24, 2.45) is 5.10 Å². The molecule has 9 heteroatoms. The lowest BCUT2D eigenvalue weighted by atomic mass is 10.2. The Morgan fingerprint density at radius 1 is 1.10 bits per heavy atom. The molecule has 0 radical (unpaired) electrons. The number of sulfonamides is 1. The van der Waals surface area contributed by atoms with Gasteiger partial charge in [0.05, 0.1) is 23.2 Å². The van der Waals surface area contributed by atoms with E-state index in [1.165, 1.54) is 12.3 Å². The van der Waals surface area contributed by atoms with Gasteiger partial charge in [0, 0.05) is 18.8 Å². The summed E-state index contributed by atoms with van der Waals surface area (Å²) in [7, 11) is -3.70. The van der Waals surface area contributed by atoms with E-state index in [9.17, 15) is 13.2 Å². The third-order valence-corrected chi connectivity index (χ3v) is 5.68. The Morgan fingerprint density at radius 3 is 2.28 bits per heavy atom. The molecule has 0 saturated carbocycles. The molecule has 0 aliphatic rings. The first-order chi connectivity index (χ1) is 13.8. The van der Waals surface area contributed by atoms with Crippen LogP contribution in [0.5, 0.6) is 0 Å². The van der Waals surface area contributed by atoms with E-state index < -0.39 is 22.5 Å². The Kier molecular flexibility index (Phi) is 8.04. The molecule has 0 unspecified atom stereocenters. The lowest BCUT2D eigenvalue weighted by molar-refractivity contribution is -0.119. The summed E-state index contributed by atoms with van der Waals surface area (Å²) in [6.07, 6.45) is 2.52. The van der Waals surface area contributed by atoms with Crippen LogP contribution in [-0.2, 0) is 14.8 Å². The van der Waals surface area contributed by atoms with Crippen LogP contribution in [0.15, 0.2) is 53.6 Å². The smallest absolute Gasteiger partial charge is 0.260 e. The van der Waals surface area contributed by atoms with Gasteiger partial charge in [-0.1, -0.05) is 35.9 Å². The van der Waals surface area contributed by atoms with Crippen LogP contribution in [0.4, 0.5) is 11.4 Å². The number of hydrazone groups is 1. The summed E-state index contributed by atoms with van der Waals surface area (Å²) >= 11 is 6.08. The molecule has 7 nitrogen and oxygen atoms in total. The van der Waals surface area contributed by atoms with Gasteiger partial charge in [-0.15, -0.1) is 0 Å². The van der Waals surface area contributed by atoms with Crippen molar-refractivity contribution in [3.8, 4) is 0 Å². The van der Waals surface area contributed by atoms with E-state index in [4.69, 9.17) is 11.6 Å². The predicted molar refractivity (Wildman–Crippen MR) is 119 cm³/mol. The molecule has 0 atom stereocenters. The van der Waals surface area contributed by atoms with Crippen molar-refractivity contribution in [1.29, 1.82) is 0 Å². The van der Waals surface area contributed by atoms with Crippen LogP contribution in [0.2, 0.25) is 5.02 Å². The van der Waals surface area contributed by atoms with Crippen LogP contribution >= 0.6 is 11.6 Å². The van der Waals surface area contributed by atoms with Crippen LogP contribution in [-0.4, -0.2) is 46.4 Å². The second-order valence-corrected chi connectivity index (χ2v) is 8.59. The number of amides is 1. The van der Waals surface area contributed by atoms with Crippen molar-refractivity contribution in [1.82, 2.24) is 5.43 Å². The zero-order chi connectivity index (χ0) is 21.4. The van der Waals surface area contributed by atoms with Gasteiger partial charge in [-0.25, -0.2) is 13.8 Å². The van der Waals surface area contributed by atoms with Gasteiger partial charge >= 0.3 is 0 Å². The molecule has 0 aliphatic heterocycles. The highest BCUT2D eigenvalue weighted by Crippen LogP contribution is 2.26. The normalized spacial score (nSPS) is 11.4. The van der Waals surface area contributed by atoms with E-state index in [0.29, 0.717) is 0 Å². The van der Waals surface area contributed by atoms with Crippen LogP contribution in [0.1, 0.15) is 19.4 Å². The zero-order valence-corrected chi connectivity index (χ0v) is 18.2. The third-order valence-electron chi connectivity index (χ3n) is 4.23. The SMILES string of the molecule is CCN(CC)c1ccc(/C=N\NC(=O)CN(c2ccccc2Cl)S(C)(=O)=O)cc1. The summed E-state index contributed by atoms with van der Waals surface area (Å²) in [5, 5.41) is 4.15. The fourth-order valence-corrected chi connectivity index (χ4v) is 3.90. The molecule has 156 valence electrons. The fraction of sp³-hybridized carbons (Fsp3) is 0.300. The number of benzene rings is 2. The molecule has 0 aromatic heterocycles. The Morgan fingerprint density at radius 2 is 1.72 bits per heavy atom. The van der Waals surface area contributed by atoms with Gasteiger partial charge in [0.2, 0.25) is 10.0 Å². The maximum atomic E-state index is 12.2. The number of para-hydroxylation sites is 1. The molecule has 0 heterocycles. The molecule has 2 aromatic rings. The van der Waals surface area contributed by atoms with Crippen LogP contribution in [0.25, 0.3) is 0 Å². The minimum absolute atomic E-state index is 0.238. The number of carbonyl (C=O) groups excluding carboxylic acids is 1. The average molecular weight is 437 g/mol. The highest BCUT2D eigenvalue weighted by Gasteiger charge is 2.22. The molecule has 0 saturated heterocycles. The van der Waals surface area contributed by atoms with Gasteiger partial charge in [-0.05, 0) is 43.7 Å². The Labute approximate surface area is 177 Å². The monoisotopic (exact) mass is 436 g/mol. The molecule has 0 spiro atoms. The van der Waals surface area contributed by atoms with E-state index in [1.54, 1.807) is 18.2 Å². The lowest BCUT2D eigenvalue weighted by Crippen LogP contribution is -2.39. The van der Waals surface area contributed by atoms with E-state index in [1.807, 2.05) is 24.3 Å². The Bertz CT molecular complexity index is 958. The van der Waals surface area contributed by atoms with Gasteiger partial charge in [-0.2, -0.15) is 5.10 Å². The van der Waals surface area contributed by atoms with E-state index >= 15 is 0 Å². The molecule has 1 N–H and O–H groups in total. The maximum Gasteiger partial charge on any atom is 0.260 e. The van der Waals surface area contributed by atoms with Gasteiger partial charge in [0.15, 0.2) is 0 Å². The molecule has 0 bridgehead atoms. The second kappa shape index (κ2) is 10.3. The second-order valence-electron chi connectivity index (χ2n) is 6.28. The topological polar surface area (TPSA) is 82.1 Å². The summed E-state index contributed by atoms with van der Waals surface area (Å²) in [4.78, 5) is 14.4. The number of halogens is 1. The number of hydrogen-bond acceptors (Lipinski definition) is 5. The summed E-state index contributed by atoms with van der Waals surface area (Å²) in [5.74, 6) is -0.577. The first kappa shape index (κ1) is 22.7. The molecule has 0 aliphatic carbocycles. The summed E-state index contributed by atoms with van der Waals surface area (Å²) in [6.45, 7) is 5.60. The van der Waals surface area contributed by atoms with Crippen LogP contribution < -0.4 is 14.6 Å². The summed E-state index contributed by atoms with van der Waals surface area (Å²) < 4.78 is 25.1. The minimum Gasteiger partial charge on any atom is -0.372 e. The molecule has 2 aromatic carbocycles. The van der Waals surface area contributed by atoms with Gasteiger partial charge < -0.3 is 4.90 Å². The number of rotatable bonds is 9. The largest absolute Gasteiger partial charge is 0.372 e. The molecular weight excluding hydrogens is 412 g/mol. The summed E-state index contributed by atoms with van der Waals surface area (Å²) in [6, 6.07) is 14.2. The molecular formula is C20H25ClN4O3S. The first-order valence-corrected chi connectivity index (χ1v) is 11.4. The maximum absolute atomic E-state index is 12.2. The summed E-state index contributed by atoms with van der Waals surface area (Å²) in [5.41, 5.74) is 4.52. The quantitative estimate of drug-likeness (QED) is 0.483. The highest BCUT2D eigenvalue weighted by molar-refractivity contribution is 7.92. The van der Waals surface area contributed by atoms with E-state index in [-0.39, 0.29) is 10.7 Å². The number of hydrogen-bond donors (Lipinski definition) is 1. The number of anilines is 2. The van der Waals surface area contributed by atoms with E-state index in [2.05, 4.69) is 29.3 Å². The van der Waals surface area contributed by atoms with Crippen molar-refractivity contribution in [3.05, 3.63) is 59.1 Å². The van der Waals surface area contributed by atoms with Gasteiger partial charge in [0.25, 0.3) is 5.91 Å². The molecule has 1 amide bonds. The average Bonchev–Trinajstić information content (AvgIpc) is 2.68. The fourth-order valence-electron chi connectivity index (χ4n) is 2.74. The van der Waals surface area contributed by atoms with Crippen molar-refractivity contribution in [3.63, 3.8) is 0 Å². The third kappa shape index (κ3) is 6.47. The minimum atomic E-state index is -3.70. The van der Waals surface area contributed by atoms with Crippen molar-refractivity contribution >= 4 is 45.1 Å². The van der Waals surface area contributed by atoms with Crippen molar-refractivity contribution in [2.45, 2.75) is 13.8 Å². The number of nitrogens with one attached hydrogen (secondary N) is 1. The van der Waals surface area contributed by atoms with E-state index in [0.717, 1.165) is 34.9 Å². The Hall–Kier alpha value is -2.58. The number of nitrogens with zero attached hydrogens (tertiary/aromatic N) is 3. The lowest BCUT2D eigenvalue weighted by Gasteiger charge is -2.22. The van der Waals surface area contributed by atoms with Crippen LogP contribution in [0.3, 0.4) is 0 Å². The zero-order valence-electron chi connectivity index (χ0n) is 16.7. The number of carbonyl (C=O) groups is 1. The van der Waals surface area contributed by atoms with Crippen molar-refractivity contribution < 1.29 is 13.2 Å². The van der Waals surface area contributed by atoms with Crippen LogP contribution in [0, 0.1) is 0 Å². The molecule has 29 heavy (non-hydrogen) atoms. The van der Waals surface area contributed by atoms with Crippen molar-refractivity contribution in [2.75, 3.05) is 35.1 Å². The molecule has 0 fully saturated rings. The Balaban J connectivity index is 2.03. The standard InChI is InChI=1S/C20H25ClN4O3S/c1-4-24(5-2)17-12-10-16(11-13-17)14-22-23-20(26)15-25(29(3,27)28)19-9-7-6-8-18(19)21/h6-14H,4-5,15H2,1-3H3,(H,23,26)/b22-14-. The molecule has 2 rings (SSSR count). The predicted octanol–water partition coefficient (Wildman–Crippen LogP) is 3.10. The van der Waals surface area contributed by atoms with Gasteiger partial charge in [-0.3, -0.25) is 9.10 Å². The van der Waals surface area contributed by atoms with Gasteiger partial charge in [0.1, 0.15) is 6.54 Å².